The molecule has 2 aromatic carbocycles. The Morgan fingerprint density at radius 2 is 1.75 bits per heavy atom. The average molecular weight is 522 g/mol. The fourth-order valence-corrected chi connectivity index (χ4v) is 4.33. The Morgan fingerprint density at radius 3 is 2.34 bits per heavy atom. The second-order valence-corrected chi connectivity index (χ2v) is 9.70. The van der Waals surface area contributed by atoms with Crippen molar-refractivity contribution in [3.8, 4) is 5.75 Å². The summed E-state index contributed by atoms with van der Waals surface area (Å²) in [4.78, 5) is 27.7. The molecule has 0 bridgehead atoms. The molecule has 1 aliphatic rings. The number of carbonyl (C=O) groups excluding carboxylic acids is 2. The van der Waals surface area contributed by atoms with Crippen molar-refractivity contribution in [3.05, 3.63) is 62.6 Å². The number of nitrogens with zero attached hydrogens (tertiary/aromatic N) is 1. The predicted octanol–water partition coefficient (Wildman–Crippen LogP) is 5.57. The molecule has 1 atom stereocenters. The molecule has 2 amide bonds. The summed E-state index contributed by atoms with van der Waals surface area (Å²) in [5, 5.41) is 3.73. The first kappa shape index (κ1) is 24.6. The molecule has 32 heavy (non-hydrogen) atoms. The molecule has 1 fully saturated rings. The van der Waals surface area contributed by atoms with Gasteiger partial charge in [-0.05, 0) is 74.6 Å². The number of carbonyl (C=O) groups is 2. The fourth-order valence-electron chi connectivity index (χ4n) is 3.98. The highest BCUT2D eigenvalue weighted by Gasteiger charge is 2.28. The SMILES string of the molecule is Cc1cc(OCC(=O)N(Cc2ccc(Cl)cc2)[C@H](C)C(=O)NC2CCCC2)cc(C)c1Br. The Morgan fingerprint density at radius 1 is 1.16 bits per heavy atom. The topological polar surface area (TPSA) is 58.6 Å². The molecular weight excluding hydrogens is 492 g/mol. The van der Waals surface area contributed by atoms with Crippen molar-refractivity contribution >= 4 is 39.3 Å². The van der Waals surface area contributed by atoms with Gasteiger partial charge in [-0.1, -0.05) is 52.5 Å². The van der Waals surface area contributed by atoms with E-state index in [1.54, 1.807) is 24.0 Å². The van der Waals surface area contributed by atoms with Crippen LogP contribution in [0.3, 0.4) is 0 Å². The summed E-state index contributed by atoms with van der Waals surface area (Å²) >= 11 is 9.55. The third kappa shape index (κ3) is 6.48. The maximum atomic E-state index is 13.2. The van der Waals surface area contributed by atoms with Gasteiger partial charge in [-0.2, -0.15) is 0 Å². The van der Waals surface area contributed by atoms with Crippen molar-refractivity contribution in [2.24, 2.45) is 0 Å². The zero-order valence-corrected chi connectivity index (χ0v) is 21.1. The van der Waals surface area contributed by atoms with E-state index in [0.717, 1.165) is 46.8 Å². The van der Waals surface area contributed by atoms with Crippen molar-refractivity contribution in [2.45, 2.75) is 65.1 Å². The summed E-state index contributed by atoms with van der Waals surface area (Å²) in [5.41, 5.74) is 2.98. The monoisotopic (exact) mass is 520 g/mol. The number of aryl methyl sites for hydroxylation is 2. The van der Waals surface area contributed by atoms with Crippen LogP contribution in [-0.4, -0.2) is 35.4 Å². The van der Waals surface area contributed by atoms with Gasteiger partial charge in [0.1, 0.15) is 11.8 Å². The van der Waals surface area contributed by atoms with Crippen molar-refractivity contribution in [1.29, 1.82) is 0 Å². The summed E-state index contributed by atoms with van der Waals surface area (Å²) in [6, 6.07) is 10.7. The first-order valence-corrected chi connectivity index (χ1v) is 12.2. The van der Waals surface area contributed by atoms with Crippen LogP contribution >= 0.6 is 27.5 Å². The third-order valence-corrected chi connectivity index (χ3v) is 7.41. The number of halogens is 2. The Hall–Kier alpha value is -2.05. The highest BCUT2D eigenvalue weighted by molar-refractivity contribution is 9.10. The van der Waals surface area contributed by atoms with Crippen LogP contribution in [0.2, 0.25) is 5.02 Å². The molecule has 0 aliphatic heterocycles. The lowest BCUT2D eigenvalue weighted by molar-refractivity contribution is -0.142. The minimum absolute atomic E-state index is 0.130. The van der Waals surface area contributed by atoms with E-state index in [9.17, 15) is 9.59 Å². The molecule has 1 N–H and O–H groups in total. The molecule has 0 saturated heterocycles. The van der Waals surface area contributed by atoms with Crippen LogP contribution < -0.4 is 10.1 Å². The standard InChI is InChI=1S/C25H30BrClN2O3/c1-16-12-22(13-17(2)24(16)26)32-15-23(30)29(14-19-8-10-20(27)11-9-19)18(3)25(31)28-21-6-4-5-7-21/h8-13,18,21H,4-7,14-15H2,1-3H3,(H,28,31)/t18-/m1/s1. The lowest BCUT2D eigenvalue weighted by atomic mass is 10.1. The third-order valence-electron chi connectivity index (χ3n) is 5.91. The van der Waals surface area contributed by atoms with Crippen molar-refractivity contribution in [1.82, 2.24) is 10.2 Å². The Kier molecular flexibility index (Phi) is 8.60. The van der Waals surface area contributed by atoms with E-state index < -0.39 is 6.04 Å². The first-order chi connectivity index (χ1) is 15.2. The van der Waals surface area contributed by atoms with Crippen molar-refractivity contribution < 1.29 is 14.3 Å². The van der Waals surface area contributed by atoms with Gasteiger partial charge in [-0.3, -0.25) is 9.59 Å². The van der Waals surface area contributed by atoms with Gasteiger partial charge in [0, 0.05) is 22.1 Å². The van der Waals surface area contributed by atoms with Crippen LogP contribution in [0.4, 0.5) is 0 Å². The van der Waals surface area contributed by atoms with Gasteiger partial charge in [-0.15, -0.1) is 0 Å². The highest BCUT2D eigenvalue weighted by Crippen LogP contribution is 2.26. The van der Waals surface area contributed by atoms with Crippen LogP contribution in [0.1, 0.15) is 49.3 Å². The number of hydrogen-bond donors (Lipinski definition) is 1. The van der Waals surface area contributed by atoms with E-state index in [2.05, 4.69) is 21.2 Å². The molecule has 172 valence electrons. The molecule has 2 aromatic rings. The highest BCUT2D eigenvalue weighted by atomic mass is 79.9. The molecule has 0 heterocycles. The number of hydrogen-bond acceptors (Lipinski definition) is 3. The van der Waals surface area contributed by atoms with E-state index in [-0.39, 0.29) is 24.5 Å². The molecule has 3 rings (SSSR count). The van der Waals surface area contributed by atoms with Crippen LogP contribution in [-0.2, 0) is 16.1 Å². The van der Waals surface area contributed by atoms with Crippen LogP contribution in [0, 0.1) is 13.8 Å². The van der Waals surface area contributed by atoms with E-state index in [0.29, 0.717) is 17.3 Å². The van der Waals surface area contributed by atoms with Gasteiger partial charge >= 0.3 is 0 Å². The molecule has 1 saturated carbocycles. The summed E-state index contributed by atoms with van der Waals surface area (Å²) in [6.45, 7) is 5.89. The van der Waals surface area contributed by atoms with Crippen molar-refractivity contribution in [2.75, 3.05) is 6.61 Å². The van der Waals surface area contributed by atoms with Crippen molar-refractivity contribution in [3.63, 3.8) is 0 Å². The second kappa shape index (κ2) is 11.2. The van der Waals surface area contributed by atoms with E-state index in [1.165, 1.54) is 0 Å². The zero-order chi connectivity index (χ0) is 23.3. The lowest BCUT2D eigenvalue weighted by Gasteiger charge is -2.29. The van der Waals surface area contributed by atoms with E-state index in [1.807, 2.05) is 38.1 Å². The first-order valence-electron chi connectivity index (χ1n) is 11.0. The lowest BCUT2D eigenvalue weighted by Crippen LogP contribution is -2.50. The number of nitrogens with one attached hydrogen (secondary N) is 1. The van der Waals surface area contributed by atoms with Gasteiger partial charge < -0.3 is 15.0 Å². The summed E-state index contributed by atoms with van der Waals surface area (Å²) in [6.07, 6.45) is 4.25. The minimum Gasteiger partial charge on any atom is -0.484 e. The maximum Gasteiger partial charge on any atom is 0.261 e. The quantitative estimate of drug-likeness (QED) is 0.494. The average Bonchev–Trinajstić information content (AvgIpc) is 3.27. The maximum absolute atomic E-state index is 13.2. The fraction of sp³-hybridized carbons (Fsp3) is 0.440. The summed E-state index contributed by atoms with van der Waals surface area (Å²) in [7, 11) is 0. The van der Waals surface area contributed by atoms with Gasteiger partial charge in [0.05, 0.1) is 0 Å². The summed E-state index contributed by atoms with van der Waals surface area (Å²) in [5.74, 6) is 0.257. The Labute approximate surface area is 203 Å². The van der Waals surface area contributed by atoms with Crippen LogP contribution in [0.25, 0.3) is 0 Å². The smallest absolute Gasteiger partial charge is 0.261 e. The van der Waals surface area contributed by atoms with Gasteiger partial charge in [0.15, 0.2) is 6.61 Å². The molecule has 0 aromatic heterocycles. The second-order valence-electron chi connectivity index (χ2n) is 8.47. The van der Waals surface area contributed by atoms with Gasteiger partial charge in [0.25, 0.3) is 5.91 Å². The summed E-state index contributed by atoms with van der Waals surface area (Å²) < 4.78 is 6.85. The number of benzene rings is 2. The normalized spacial score (nSPS) is 14.8. The molecular formula is C25H30BrClN2O3. The number of ether oxygens (including phenoxy) is 1. The molecule has 0 spiro atoms. The molecule has 5 nitrogen and oxygen atoms in total. The van der Waals surface area contributed by atoms with E-state index >= 15 is 0 Å². The zero-order valence-electron chi connectivity index (χ0n) is 18.8. The van der Waals surface area contributed by atoms with Gasteiger partial charge in [0.2, 0.25) is 5.91 Å². The van der Waals surface area contributed by atoms with Crippen LogP contribution in [0.5, 0.6) is 5.75 Å². The van der Waals surface area contributed by atoms with E-state index in [4.69, 9.17) is 16.3 Å². The van der Waals surface area contributed by atoms with Gasteiger partial charge in [-0.25, -0.2) is 0 Å². The molecule has 0 radical (unpaired) electrons. The molecule has 7 heteroatoms. The number of rotatable bonds is 8. The largest absolute Gasteiger partial charge is 0.484 e. The molecule has 0 unspecified atom stereocenters. The van der Waals surface area contributed by atoms with Crippen LogP contribution in [0.15, 0.2) is 40.9 Å². The number of amides is 2. The minimum atomic E-state index is -0.615. The molecule has 1 aliphatic carbocycles. The Bertz CT molecular complexity index is 935. The predicted molar refractivity (Wildman–Crippen MR) is 131 cm³/mol. The Balaban J connectivity index is 1.73.